The zero-order valence-electron chi connectivity index (χ0n) is 41.5. The van der Waals surface area contributed by atoms with Gasteiger partial charge in [0, 0.05) is 19.3 Å². The van der Waals surface area contributed by atoms with E-state index in [1.54, 1.807) is 0 Å². The number of hydrogen-bond donors (Lipinski definition) is 1. The molecule has 2 unspecified atom stereocenters. The van der Waals surface area contributed by atoms with Crippen molar-refractivity contribution < 1.29 is 38.2 Å². The third-order valence-electron chi connectivity index (χ3n) is 11.4. The summed E-state index contributed by atoms with van der Waals surface area (Å²) >= 11 is 0. The van der Waals surface area contributed by atoms with Gasteiger partial charge in [-0.3, -0.25) is 9.59 Å². The molecule has 0 aromatic carbocycles. The van der Waals surface area contributed by atoms with E-state index in [0.717, 1.165) is 83.5 Å². The molecule has 0 aliphatic rings. The summed E-state index contributed by atoms with van der Waals surface area (Å²) < 4.78 is 17.4. The fourth-order valence-electron chi connectivity index (χ4n) is 7.47. The molecule has 8 nitrogen and oxygen atoms in total. The number of carbonyl (C=O) groups excluding carboxylic acids is 2. The standard InChI is InChI=1S/C55H97NO7/c1-6-8-10-12-14-16-18-20-22-24-25-26-27-28-30-32-34-36-38-40-42-44-46-54(58)63-51(49-61-48-47-52(55(59)60)56(3,4)5)50-62-53(57)45-43-41-39-37-35-33-31-29-23-21-19-17-15-13-11-9-7-2/h8,10,14,16,20,22,25-26,28,30,51-52H,6-7,9,11-13,15,17-19,21,23-24,27,29,31-50H2,1-5H3/p+1/b10-8+,16-14+,22-20+,26-25+,30-28+. The number of aliphatic carboxylic acids is 1. The summed E-state index contributed by atoms with van der Waals surface area (Å²) in [6.07, 6.45) is 56.9. The number of esters is 2. The van der Waals surface area contributed by atoms with Gasteiger partial charge in [-0.2, -0.15) is 0 Å². The monoisotopic (exact) mass is 885 g/mol. The van der Waals surface area contributed by atoms with Crippen LogP contribution in [0.15, 0.2) is 60.8 Å². The van der Waals surface area contributed by atoms with E-state index in [-0.39, 0.29) is 36.2 Å². The number of carboxylic acids is 1. The molecule has 0 spiro atoms. The van der Waals surface area contributed by atoms with Gasteiger partial charge in [0.05, 0.1) is 34.4 Å². The van der Waals surface area contributed by atoms with Crippen molar-refractivity contribution in [2.45, 2.75) is 231 Å². The Morgan fingerprint density at radius 2 is 0.889 bits per heavy atom. The number of ether oxygens (including phenoxy) is 3. The Labute approximate surface area is 388 Å². The predicted molar refractivity (Wildman–Crippen MR) is 266 cm³/mol. The van der Waals surface area contributed by atoms with Crippen LogP contribution in [0.3, 0.4) is 0 Å². The minimum Gasteiger partial charge on any atom is -0.477 e. The van der Waals surface area contributed by atoms with Gasteiger partial charge >= 0.3 is 17.9 Å². The largest absolute Gasteiger partial charge is 0.477 e. The molecule has 0 aliphatic heterocycles. The highest BCUT2D eigenvalue weighted by atomic mass is 16.6. The lowest BCUT2D eigenvalue weighted by Gasteiger charge is -2.31. The van der Waals surface area contributed by atoms with Gasteiger partial charge in [-0.25, -0.2) is 4.79 Å². The molecule has 0 aromatic rings. The second kappa shape index (κ2) is 45.6. The zero-order chi connectivity index (χ0) is 46.3. The van der Waals surface area contributed by atoms with Crippen LogP contribution in [0.2, 0.25) is 0 Å². The molecule has 0 fully saturated rings. The fourth-order valence-corrected chi connectivity index (χ4v) is 7.47. The summed E-state index contributed by atoms with van der Waals surface area (Å²) in [6, 6.07) is -0.619. The molecule has 0 saturated heterocycles. The average molecular weight is 885 g/mol. The van der Waals surface area contributed by atoms with Gasteiger partial charge in [0.2, 0.25) is 0 Å². The normalized spacial score (nSPS) is 13.3. The molecule has 0 radical (unpaired) electrons. The van der Waals surface area contributed by atoms with Crippen molar-refractivity contribution in [3.8, 4) is 0 Å². The maximum Gasteiger partial charge on any atom is 0.362 e. The Morgan fingerprint density at radius 3 is 1.32 bits per heavy atom. The number of carbonyl (C=O) groups is 3. The first-order chi connectivity index (χ1) is 30.6. The lowest BCUT2D eigenvalue weighted by atomic mass is 10.0. The smallest absolute Gasteiger partial charge is 0.362 e. The van der Waals surface area contributed by atoms with Gasteiger partial charge in [0.15, 0.2) is 12.1 Å². The molecule has 364 valence electrons. The van der Waals surface area contributed by atoms with Crippen LogP contribution in [0.25, 0.3) is 0 Å². The van der Waals surface area contributed by atoms with Crippen LogP contribution in [0.5, 0.6) is 0 Å². The summed E-state index contributed by atoms with van der Waals surface area (Å²) in [5, 5.41) is 9.65. The van der Waals surface area contributed by atoms with Crippen LogP contribution in [0, 0.1) is 0 Å². The highest BCUT2D eigenvalue weighted by Crippen LogP contribution is 2.16. The maximum atomic E-state index is 12.8. The molecule has 0 rings (SSSR count). The Kier molecular flexibility index (Phi) is 43.4. The summed E-state index contributed by atoms with van der Waals surface area (Å²) in [4.78, 5) is 37.2. The molecule has 0 saturated carbocycles. The second-order valence-electron chi connectivity index (χ2n) is 18.4. The molecule has 0 aromatic heterocycles. The Bertz CT molecular complexity index is 1210. The predicted octanol–water partition coefficient (Wildman–Crippen LogP) is 14.9. The van der Waals surface area contributed by atoms with Crippen molar-refractivity contribution in [2.24, 2.45) is 0 Å². The van der Waals surface area contributed by atoms with Gasteiger partial charge in [-0.15, -0.1) is 0 Å². The zero-order valence-corrected chi connectivity index (χ0v) is 41.5. The van der Waals surface area contributed by atoms with E-state index in [2.05, 4.69) is 74.6 Å². The van der Waals surface area contributed by atoms with E-state index in [9.17, 15) is 19.5 Å². The molecule has 2 atom stereocenters. The lowest BCUT2D eigenvalue weighted by Crippen LogP contribution is -2.50. The van der Waals surface area contributed by atoms with Crippen molar-refractivity contribution in [2.75, 3.05) is 41.0 Å². The highest BCUT2D eigenvalue weighted by Gasteiger charge is 2.31. The highest BCUT2D eigenvalue weighted by molar-refractivity contribution is 5.72. The van der Waals surface area contributed by atoms with Crippen molar-refractivity contribution in [3.05, 3.63) is 60.8 Å². The third-order valence-corrected chi connectivity index (χ3v) is 11.4. The van der Waals surface area contributed by atoms with E-state index >= 15 is 0 Å². The van der Waals surface area contributed by atoms with Crippen LogP contribution in [0.1, 0.15) is 219 Å². The third kappa shape index (κ3) is 44.0. The van der Waals surface area contributed by atoms with Crippen molar-refractivity contribution in [1.82, 2.24) is 0 Å². The van der Waals surface area contributed by atoms with Crippen LogP contribution < -0.4 is 0 Å². The van der Waals surface area contributed by atoms with Crippen LogP contribution in [-0.2, 0) is 28.6 Å². The molecule has 0 bridgehead atoms. The van der Waals surface area contributed by atoms with Crippen molar-refractivity contribution >= 4 is 17.9 Å². The topological polar surface area (TPSA) is 99.1 Å². The molecule has 0 heterocycles. The number of allylic oxidation sites excluding steroid dienone is 10. The number of rotatable bonds is 46. The number of carboxylic acid groups (broad SMARTS) is 1. The minimum atomic E-state index is -0.877. The summed E-state index contributed by atoms with van der Waals surface area (Å²) in [5.41, 5.74) is 0. The van der Waals surface area contributed by atoms with Gasteiger partial charge in [0.25, 0.3) is 0 Å². The second-order valence-corrected chi connectivity index (χ2v) is 18.4. The molecule has 0 aliphatic carbocycles. The number of unbranched alkanes of at least 4 members (excludes halogenated alkanes) is 22. The van der Waals surface area contributed by atoms with E-state index in [0.29, 0.717) is 19.3 Å². The van der Waals surface area contributed by atoms with E-state index in [1.165, 1.54) is 103 Å². The first-order valence-electron chi connectivity index (χ1n) is 25.8. The lowest BCUT2D eigenvalue weighted by molar-refractivity contribution is -0.887. The Hall–Kier alpha value is -2.97. The molecule has 8 heteroatoms. The number of nitrogens with zero attached hydrogens (tertiary/aromatic N) is 1. The first-order valence-corrected chi connectivity index (χ1v) is 25.8. The summed E-state index contributed by atoms with van der Waals surface area (Å²) in [5.74, 6) is -1.48. The molecule has 63 heavy (non-hydrogen) atoms. The number of hydrogen-bond acceptors (Lipinski definition) is 6. The Morgan fingerprint density at radius 1 is 0.492 bits per heavy atom. The average Bonchev–Trinajstić information content (AvgIpc) is 3.24. The molecule has 0 amide bonds. The van der Waals surface area contributed by atoms with Gasteiger partial charge in [-0.05, 0) is 57.8 Å². The first kappa shape index (κ1) is 60.0. The molecular weight excluding hydrogens is 787 g/mol. The summed E-state index contributed by atoms with van der Waals surface area (Å²) in [7, 11) is 5.53. The number of quaternary nitrogens is 1. The fraction of sp³-hybridized carbons (Fsp3) is 0.764. The molecular formula is C55H98NO7+. The minimum absolute atomic E-state index is 0.0551. The van der Waals surface area contributed by atoms with Crippen LogP contribution in [-0.4, -0.2) is 80.6 Å². The van der Waals surface area contributed by atoms with E-state index in [4.69, 9.17) is 14.2 Å². The SMILES string of the molecule is CC/C=C/C/C=C/C/C=C/C/C=C/C/C=C/CCCCCCCCC(=O)OC(COCCC(C(=O)O)[N+](C)(C)C)COC(=O)CCCCCCCCCCCCCCCCCCC. The van der Waals surface area contributed by atoms with E-state index < -0.39 is 18.1 Å². The van der Waals surface area contributed by atoms with E-state index in [1.807, 2.05) is 21.1 Å². The van der Waals surface area contributed by atoms with Crippen LogP contribution >= 0.6 is 0 Å². The van der Waals surface area contributed by atoms with Crippen molar-refractivity contribution in [3.63, 3.8) is 0 Å². The van der Waals surface area contributed by atoms with Gasteiger partial charge in [0.1, 0.15) is 6.61 Å². The van der Waals surface area contributed by atoms with Gasteiger partial charge < -0.3 is 23.8 Å². The van der Waals surface area contributed by atoms with Crippen molar-refractivity contribution in [1.29, 1.82) is 0 Å². The quantitative estimate of drug-likeness (QED) is 0.0281. The van der Waals surface area contributed by atoms with Crippen LogP contribution in [0.4, 0.5) is 0 Å². The Balaban J connectivity index is 4.28. The summed E-state index contributed by atoms with van der Waals surface area (Å²) in [6.45, 7) is 4.63. The maximum absolute atomic E-state index is 12.8. The molecule has 1 N–H and O–H groups in total. The number of likely N-dealkylation sites (N-methyl/N-ethyl adjacent to an activating group) is 1. The van der Waals surface area contributed by atoms with Gasteiger partial charge in [-0.1, -0.05) is 203 Å².